The second-order valence-electron chi connectivity index (χ2n) is 5.12. The van der Waals surface area contributed by atoms with E-state index in [0.29, 0.717) is 39.5 Å². The van der Waals surface area contributed by atoms with Crippen LogP contribution in [0.4, 0.5) is 5.69 Å². The second-order valence-corrected chi connectivity index (χ2v) is 7.20. The largest absolute Gasteiger partial charge is 0.329 e. The van der Waals surface area contributed by atoms with E-state index in [1.165, 1.54) is 6.20 Å². The van der Waals surface area contributed by atoms with Gasteiger partial charge in [0, 0.05) is 6.42 Å². The zero-order chi connectivity index (χ0) is 16.1. The fourth-order valence-electron chi connectivity index (χ4n) is 2.62. The Kier molecular flexibility index (Phi) is 3.86. The number of rotatable bonds is 2. The van der Waals surface area contributed by atoms with E-state index in [9.17, 15) is 9.59 Å². The van der Waals surface area contributed by atoms with Crippen LogP contribution in [0.5, 0.6) is 0 Å². The van der Waals surface area contributed by atoms with Crippen molar-refractivity contribution in [1.82, 2.24) is 4.00 Å². The number of amides is 1. The van der Waals surface area contributed by atoms with Gasteiger partial charge in [0.1, 0.15) is 22.4 Å². The molecule has 3 unspecified atom stereocenters. The number of carbonyl (C=O) groups excluding carboxylic acids is 2. The van der Waals surface area contributed by atoms with Gasteiger partial charge in [-0.1, -0.05) is 23.2 Å². The number of halogens is 4. The summed E-state index contributed by atoms with van der Waals surface area (Å²) in [5.74, 6) is 0. The van der Waals surface area contributed by atoms with Crippen molar-refractivity contribution in [3.8, 4) is 0 Å². The monoisotopic (exact) mass is 377 g/mol. The Balaban J connectivity index is 2.38. The van der Waals surface area contributed by atoms with Crippen LogP contribution in [0.1, 0.15) is 5.56 Å². The number of nitrogens with zero attached hydrogens (tertiary/aromatic N) is 2. The molecule has 22 heavy (non-hydrogen) atoms. The fraction of sp³-hybridized carbons (Fsp3) is 0.214. The summed E-state index contributed by atoms with van der Waals surface area (Å²) < 4.78 is -0.611. The summed E-state index contributed by atoms with van der Waals surface area (Å²) in [5.41, 5.74) is 0.168. The minimum absolute atomic E-state index is 0.193. The first-order valence-electron chi connectivity index (χ1n) is 6.28. The minimum atomic E-state index is -1.31. The van der Waals surface area contributed by atoms with Crippen LogP contribution in [-0.4, -0.2) is 23.1 Å². The van der Waals surface area contributed by atoms with E-state index >= 15 is 0 Å². The Morgan fingerprint density at radius 1 is 1.41 bits per heavy atom. The zero-order valence-corrected chi connectivity index (χ0v) is 14.0. The van der Waals surface area contributed by atoms with Crippen molar-refractivity contribution in [1.29, 1.82) is 0 Å². The summed E-state index contributed by atoms with van der Waals surface area (Å²) in [6, 6.07) is 1.62. The molecule has 0 bridgehead atoms. The minimum Gasteiger partial charge on any atom is -0.301 e. The van der Waals surface area contributed by atoms with Crippen LogP contribution >= 0.6 is 46.6 Å². The van der Waals surface area contributed by atoms with Gasteiger partial charge < -0.3 is 4.79 Å². The van der Waals surface area contributed by atoms with Crippen LogP contribution in [0.3, 0.4) is 0 Å². The van der Waals surface area contributed by atoms with E-state index in [2.05, 4.69) is 4.99 Å². The van der Waals surface area contributed by atoms with E-state index in [1.54, 1.807) is 18.2 Å². The number of benzene rings is 1. The van der Waals surface area contributed by atoms with E-state index in [0.717, 1.165) is 0 Å². The molecule has 1 aromatic rings. The third-order valence-corrected chi connectivity index (χ3v) is 5.38. The van der Waals surface area contributed by atoms with Gasteiger partial charge in [0.25, 0.3) is 0 Å². The summed E-state index contributed by atoms with van der Waals surface area (Å²) >= 11 is 24.9. The predicted octanol–water partition coefficient (Wildman–Crippen LogP) is 2.18. The molecule has 0 radical (unpaired) electrons. The number of carbonyl (C=O) groups is 2. The first-order valence-corrected chi connectivity index (χ1v) is 7.81. The molecule has 0 spiro atoms. The predicted molar refractivity (Wildman–Crippen MR) is 87.5 cm³/mol. The van der Waals surface area contributed by atoms with Crippen LogP contribution in [0.25, 0.3) is 6.08 Å². The third kappa shape index (κ3) is 2.22. The SMILES string of the molecule is O=CC1(Cl)Cc2cc(Cl)c3c(c2=NC1Cl)=CC=C[N+]3(Cl)C=O. The van der Waals surface area contributed by atoms with Gasteiger partial charge in [0.2, 0.25) is 0 Å². The molecule has 0 fully saturated rings. The van der Waals surface area contributed by atoms with Crippen molar-refractivity contribution in [2.45, 2.75) is 16.8 Å². The number of hydrogen-bond acceptors (Lipinski definition) is 3. The molecule has 0 aliphatic carbocycles. The lowest BCUT2D eigenvalue weighted by atomic mass is 9.94. The van der Waals surface area contributed by atoms with Crippen LogP contribution in [0.2, 0.25) is 5.02 Å². The topological polar surface area (TPSA) is 46.5 Å². The van der Waals surface area contributed by atoms with Crippen molar-refractivity contribution in [2.75, 3.05) is 0 Å². The first-order chi connectivity index (χ1) is 10.3. The van der Waals surface area contributed by atoms with Gasteiger partial charge >= 0.3 is 6.41 Å². The van der Waals surface area contributed by atoms with E-state index in [-0.39, 0.29) is 6.42 Å². The summed E-state index contributed by atoms with van der Waals surface area (Å²) in [4.78, 5) is 25.6. The molecule has 2 heterocycles. The molecule has 4 nitrogen and oxygen atoms in total. The normalized spacial score (nSPS) is 32.3. The fourth-order valence-corrected chi connectivity index (χ4v) is 3.70. The number of allylic oxidation sites excluding steroid dienone is 1. The van der Waals surface area contributed by atoms with Crippen molar-refractivity contribution < 1.29 is 9.59 Å². The maximum Gasteiger partial charge on any atom is 0.329 e. The third-order valence-electron chi connectivity index (χ3n) is 3.70. The molecule has 2 aliphatic rings. The lowest BCUT2D eigenvalue weighted by molar-refractivity contribution is -0.112. The maximum atomic E-state index is 11.4. The van der Waals surface area contributed by atoms with Gasteiger partial charge in [-0.25, -0.2) is 4.79 Å². The van der Waals surface area contributed by atoms with Crippen molar-refractivity contribution >= 4 is 71.0 Å². The Bertz CT molecular complexity index is 838. The van der Waals surface area contributed by atoms with Gasteiger partial charge in [0.05, 0.1) is 10.6 Å². The van der Waals surface area contributed by atoms with Crippen LogP contribution in [-0.2, 0) is 16.0 Å². The average Bonchev–Trinajstić information content (AvgIpc) is 2.49. The molecule has 0 saturated heterocycles. The molecule has 1 amide bonds. The highest BCUT2D eigenvalue weighted by atomic mass is 35.5. The molecule has 3 atom stereocenters. The first kappa shape index (κ1) is 16.0. The lowest BCUT2D eigenvalue weighted by Crippen LogP contribution is -2.49. The van der Waals surface area contributed by atoms with E-state index < -0.39 is 14.4 Å². The van der Waals surface area contributed by atoms with Crippen molar-refractivity contribution in [3.63, 3.8) is 0 Å². The van der Waals surface area contributed by atoms with Gasteiger partial charge in [-0.2, -0.15) is 0 Å². The van der Waals surface area contributed by atoms with E-state index in [4.69, 9.17) is 46.6 Å². The summed E-state index contributed by atoms with van der Waals surface area (Å²) in [5, 5.41) is 1.44. The van der Waals surface area contributed by atoms with Crippen LogP contribution in [0.15, 0.2) is 23.3 Å². The molecular weight excluding hydrogens is 370 g/mol. The van der Waals surface area contributed by atoms with E-state index in [1.807, 2.05) is 0 Å². The quantitative estimate of drug-likeness (QED) is 0.342. The number of aldehydes is 1. The molecular formula is C14H9Cl4N2O2+. The maximum absolute atomic E-state index is 11.4. The number of hydrogen-bond donors (Lipinski definition) is 0. The zero-order valence-electron chi connectivity index (χ0n) is 11.0. The second kappa shape index (κ2) is 5.32. The van der Waals surface area contributed by atoms with Crippen LogP contribution < -0.4 is 14.6 Å². The Morgan fingerprint density at radius 2 is 2.14 bits per heavy atom. The van der Waals surface area contributed by atoms with Gasteiger partial charge in [0.15, 0.2) is 23.0 Å². The molecule has 0 N–H and O–H groups in total. The summed E-state index contributed by atoms with van der Waals surface area (Å²) in [6.45, 7) is 0. The van der Waals surface area contributed by atoms with Gasteiger partial charge in [-0.3, -0.25) is 4.99 Å². The molecule has 8 heteroatoms. The molecule has 0 saturated carbocycles. The molecule has 2 aliphatic heterocycles. The smallest absolute Gasteiger partial charge is 0.301 e. The average molecular weight is 379 g/mol. The molecule has 1 aromatic carbocycles. The highest BCUT2D eigenvalue weighted by molar-refractivity contribution is 6.39. The van der Waals surface area contributed by atoms with Gasteiger partial charge in [-0.05, 0) is 23.8 Å². The standard InChI is InChI=1S/C14H9Cl4N2O2/c15-10-4-8-5-14(17,6-21)13(16)19-11(8)9-2-1-3-20(18,7-22)12(9)10/h1-4,6-7,13H,5H2/q+1. The van der Waals surface area contributed by atoms with Crippen molar-refractivity contribution in [2.24, 2.45) is 4.99 Å². The summed E-state index contributed by atoms with van der Waals surface area (Å²) in [6.07, 6.45) is 6.22. The Morgan fingerprint density at radius 3 is 2.77 bits per heavy atom. The Hall–Kier alpha value is -0.910. The Labute approximate surface area is 145 Å². The number of fused-ring (bicyclic) bond motifs is 3. The van der Waals surface area contributed by atoms with Crippen molar-refractivity contribution in [3.05, 3.63) is 39.5 Å². The van der Waals surface area contributed by atoms with Crippen LogP contribution in [0, 0.1) is 0 Å². The summed E-state index contributed by atoms with van der Waals surface area (Å²) in [7, 11) is 0. The molecule has 0 aromatic heterocycles. The highest BCUT2D eigenvalue weighted by Gasteiger charge is 2.41. The highest BCUT2D eigenvalue weighted by Crippen LogP contribution is 2.35. The lowest BCUT2D eigenvalue weighted by Gasteiger charge is -2.29. The molecule has 3 rings (SSSR count). The molecule has 114 valence electrons. The number of quaternary nitrogens is 1. The number of alkyl halides is 2. The van der Waals surface area contributed by atoms with Gasteiger partial charge in [-0.15, -0.1) is 15.6 Å².